The molecule has 0 saturated carbocycles. The summed E-state index contributed by atoms with van der Waals surface area (Å²) in [5.41, 5.74) is 4.52. The molecule has 10 nitrogen and oxygen atoms in total. The molecule has 2 aliphatic heterocycles. The number of nitrogens with zero attached hydrogens (tertiary/aromatic N) is 5. The summed E-state index contributed by atoms with van der Waals surface area (Å²) >= 11 is 0. The zero-order valence-electron chi connectivity index (χ0n) is 29.8. The number of fused-ring (bicyclic) bond motifs is 1. The van der Waals surface area contributed by atoms with E-state index in [-0.39, 0.29) is 31.0 Å². The van der Waals surface area contributed by atoms with Crippen molar-refractivity contribution in [3.63, 3.8) is 0 Å². The van der Waals surface area contributed by atoms with Crippen molar-refractivity contribution in [2.45, 2.75) is 111 Å². The Morgan fingerprint density at radius 2 is 1.77 bits per heavy atom. The summed E-state index contributed by atoms with van der Waals surface area (Å²) in [6.45, 7) is 16.5. The number of esters is 1. The molecule has 1 N–H and O–H groups in total. The van der Waals surface area contributed by atoms with Crippen LogP contribution in [0.2, 0.25) is 0 Å². The van der Waals surface area contributed by atoms with Crippen molar-refractivity contribution >= 4 is 17.9 Å². The van der Waals surface area contributed by atoms with Crippen LogP contribution in [-0.4, -0.2) is 74.2 Å². The van der Waals surface area contributed by atoms with E-state index in [4.69, 9.17) is 14.5 Å². The lowest BCUT2D eigenvalue weighted by atomic mass is 9.94. The second-order valence-corrected chi connectivity index (χ2v) is 15.4. The van der Waals surface area contributed by atoms with E-state index >= 15 is 0 Å². The fourth-order valence-corrected chi connectivity index (χ4v) is 6.75. The molecule has 1 amide bonds. The monoisotopic (exact) mass is 659 g/mol. The van der Waals surface area contributed by atoms with Crippen LogP contribution in [0.4, 0.5) is 10.6 Å². The molecular weight excluding hydrogens is 606 g/mol. The van der Waals surface area contributed by atoms with E-state index in [9.17, 15) is 14.7 Å². The summed E-state index contributed by atoms with van der Waals surface area (Å²) in [4.78, 5) is 35.2. The first-order valence-corrected chi connectivity index (χ1v) is 17.4. The molecule has 10 heteroatoms. The van der Waals surface area contributed by atoms with Gasteiger partial charge in [0.2, 0.25) is 0 Å². The van der Waals surface area contributed by atoms with Crippen LogP contribution in [0.15, 0.2) is 42.5 Å². The predicted molar refractivity (Wildman–Crippen MR) is 186 cm³/mol. The Morgan fingerprint density at radius 3 is 2.48 bits per heavy atom. The Hall–Kier alpha value is -3.76. The number of amides is 1. The molecule has 1 saturated heterocycles. The topological polar surface area (TPSA) is 110 Å². The molecule has 2 atom stereocenters. The Labute approximate surface area is 285 Å². The number of ether oxygens (including phenoxy) is 2. The van der Waals surface area contributed by atoms with Gasteiger partial charge in [0.15, 0.2) is 0 Å². The lowest BCUT2D eigenvalue weighted by Gasteiger charge is -2.31. The molecule has 48 heavy (non-hydrogen) atoms. The first-order chi connectivity index (χ1) is 22.7. The van der Waals surface area contributed by atoms with E-state index in [1.54, 1.807) is 4.90 Å². The van der Waals surface area contributed by atoms with Crippen molar-refractivity contribution in [2.75, 3.05) is 31.1 Å². The number of anilines is 1. The number of benzene rings is 1. The number of rotatable bonds is 10. The van der Waals surface area contributed by atoms with Crippen LogP contribution in [0.1, 0.15) is 101 Å². The van der Waals surface area contributed by atoms with Crippen molar-refractivity contribution in [2.24, 2.45) is 5.92 Å². The third kappa shape index (κ3) is 9.44. The number of pyridine rings is 1. The average molecular weight is 660 g/mol. The van der Waals surface area contributed by atoms with Gasteiger partial charge < -0.3 is 19.5 Å². The van der Waals surface area contributed by atoms with Crippen LogP contribution in [0.25, 0.3) is 5.69 Å². The molecule has 0 radical (unpaired) electrons. The number of aromatic nitrogens is 3. The smallest absolute Gasteiger partial charge is 0.416 e. The second kappa shape index (κ2) is 14.8. The van der Waals surface area contributed by atoms with E-state index < -0.39 is 11.2 Å². The molecule has 2 aliphatic rings. The first-order valence-electron chi connectivity index (χ1n) is 17.4. The third-order valence-corrected chi connectivity index (χ3v) is 8.89. The van der Waals surface area contributed by atoms with Gasteiger partial charge in [0.05, 0.1) is 24.4 Å². The van der Waals surface area contributed by atoms with Gasteiger partial charge in [-0.05, 0) is 128 Å². The summed E-state index contributed by atoms with van der Waals surface area (Å²) in [6, 6.07) is 14.3. The standard InChI is InChI=1S/C38H53N5O5/c1-26-20-32(25-44)40-43(26)33-12-8-10-29(21-33)30(22-34(45)47-37(2,3)4)24-41-19-17-27(23-41)13-15-31-16-14-28-11-9-18-42(35(28)39-31)36(46)48-38(5,6)7/h8,10,12,14,16,20-21,27,30,44H,9,11,13,15,17-19,22-25H2,1-7H3/t27-,30+/m1/s1. The maximum absolute atomic E-state index is 13.1. The molecule has 5 rings (SSSR count). The molecule has 0 unspecified atom stereocenters. The highest BCUT2D eigenvalue weighted by Gasteiger charge is 2.30. The zero-order valence-corrected chi connectivity index (χ0v) is 29.8. The summed E-state index contributed by atoms with van der Waals surface area (Å²) in [5, 5.41) is 14.1. The SMILES string of the molecule is Cc1cc(CO)nn1-c1cccc([C@@H](CC(=O)OC(C)(C)C)CN2CC[C@@H](CCc3ccc4c(n3)N(C(=O)OC(C)(C)C)CCC4)C2)c1. The highest BCUT2D eigenvalue weighted by molar-refractivity contribution is 5.88. The minimum absolute atomic E-state index is 0.0483. The van der Waals surface area contributed by atoms with Gasteiger partial charge in [0, 0.05) is 36.9 Å². The number of carbonyl (C=O) groups is 2. The molecule has 0 bridgehead atoms. The molecule has 0 spiro atoms. The van der Waals surface area contributed by atoms with Gasteiger partial charge in [-0.1, -0.05) is 18.2 Å². The van der Waals surface area contributed by atoms with Gasteiger partial charge in [-0.25, -0.2) is 14.5 Å². The van der Waals surface area contributed by atoms with Crippen LogP contribution < -0.4 is 4.90 Å². The quantitative estimate of drug-likeness (QED) is 0.245. The molecular formula is C38H53N5O5. The number of hydrogen-bond donors (Lipinski definition) is 1. The average Bonchev–Trinajstić information content (AvgIpc) is 3.63. The minimum atomic E-state index is -0.557. The molecule has 3 aromatic rings. The lowest BCUT2D eigenvalue weighted by Crippen LogP contribution is -2.40. The van der Waals surface area contributed by atoms with E-state index in [1.807, 2.05) is 71.3 Å². The Morgan fingerprint density at radius 1 is 1.00 bits per heavy atom. The zero-order chi connectivity index (χ0) is 34.6. The molecule has 1 fully saturated rings. The van der Waals surface area contributed by atoms with Crippen molar-refractivity contribution in [3.05, 3.63) is 70.7 Å². The van der Waals surface area contributed by atoms with Gasteiger partial charge in [-0.15, -0.1) is 0 Å². The fourth-order valence-electron chi connectivity index (χ4n) is 6.75. The van der Waals surface area contributed by atoms with Crippen LogP contribution >= 0.6 is 0 Å². The van der Waals surface area contributed by atoms with Crippen LogP contribution in [0, 0.1) is 12.8 Å². The molecule has 2 aromatic heterocycles. The van der Waals surface area contributed by atoms with Crippen LogP contribution in [-0.2, 0) is 33.7 Å². The number of aryl methyl sites for hydroxylation is 3. The van der Waals surface area contributed by atoms with Crippen molar-refractivity contribution < 1.29 is 24.2 Å². The highest BCUT2D eigenvalue weighted by atomic mass is 16.6. The van der Waals surface area contributed by atoms with Gasteiger partial charge >= 0.3 is 12.1 Å². The Kier molecular flexibility index (Phi) is 10.9. The largest absolute Gasteiger partial charge is 0.460 e. The summed E-state index contributed by atoms with van der Waals surface area (Å²) < 4.78 is 13.3. The van der Waals surface area contributed by atoms with Crippen LogP contribution in [0.3, 0.4) is 0 Å². The Balaban J connectivity index is 1.25. The summed E-state index contributed by atoms with van der Waals surface area (Å²) in [5.74, 6) is 1.01. The van der Waals surface area contributed by atoms with E-state index in [1.165, 1.54) is 0 Å². The summed E-state index contributed by atoms with van der Waals surface area (Å²) in [6.07, 6.45) is 4.71. The van der Waals surface area contributed by atoms with Crippen LogP contribution in [0.5, 0.6) is 0 Å². The minimum Gasteiger partial charge on any atom is -0.460 e. The van der Waals surface area contributed by atoms with Crippen molar-refractivity contribution in [1.82, 2.24) is 19.7 Å². The maximum Gasteiger partial charge on any atom is 0.416 e. The molecule has 260 valence electrons. The molecule has 4 heterocycles. The van der Waals surface area contributed by atoms with Crippen molar-refractivity contribution in [1.29, 1.82) is 0 Å². The number of aliphatic hydroxyl groups excluding tert-OH is 1. The molecule has 1 aromatic carbocycles. The number of carbonyl (C=O) groups excluding carboxylic acids is 2. The lowest BCUT2D eigenvalue weighted by molar-refractivity contribution is -0.155. The first kappa shape index (κ1) is 35.5. The number of hydrogen-bond acceptors (Lipinski definition) is 8. The number of likely N-dealkylation sites (tertiary alicyclic amines) is 1. The van der Waals surface area contributed by atoms with Gasteiger partial charge in [0.25, 0.3) is 0 Å². The van der Waals surface area contributed by atoms with E-state index in [0.717, 1.165) is 85.8 Å². The Bertz CT molecular complexity index is 1590. The van der Waals surface area contributed by atoms with Crippen molar-refractivity contribution in [3.8, 4) is 5.69 Å². The maximum atomic E-state index is 13.1. The van der Waals surface area contributed by atoms with Gasteiger partial charge in [0.1, 0.15) is 17.0 Å². The second-order valence-electron chi connectivity index (χ2n) is 15.4. The highest BCUT2D eigenvalue weighted by Crippen LogP contribution is 2.31. The number of aliphatic hydroxyl groups is 1. The van der Waals surface area contributed by atoms with E-state index in [2.05, 4.69) is 34.3 Å². The van der Waals surface area contributed by atoms with Gasteiger partial charge in [-0.3, -0.25) is 9.69 Å². The van der Waals surface area contributed by atoms with Gasteiger partial charge in [-0.2, -0.15) is 5.10 Å². The van der Waals surface area contributed by atoms with E-state index in [0.29, 0.717) is 18.2 Å². The third-order valence-electron chi connectivity index (χ3n) is 8.89. The summed E-state index contributed by atoms with van der Waals surface area (Å²) in [7, 11) is 0. The predicted octanol–water partition coefficient (Wildman–Crippen LogP) is 6.53. The molecule has 0 aliphatic carbocycles. The normalized spacial score (nSPS) is 17.7. The fraction of sp³-hybridized carbons (Fsp3) is 0.579.